The second kappa shape index (κ2) is 4.47. The second-order valence-corrected chi connectivity index (χ2v) is 4.06. The molecule has 0 aliphatic carbocycles. The Labute approximate surface area is 93.5 Å². The average molecular weight is 221 g/mol. The monoisotopic (exact) mass is 221 g/mol. The third kappa shape index (κ3) is 1.98. The molecule has 1 N–H and O–H groups in total. The molecule has 1 aromatic heterocycles. The molecule has 0 aromatic carbocycles. The molecule has 0 amide bonds. The maximum Gasteiger partial charge on any atom is 0.290 e. The zero-order chi connectivity index (χ0) is 11.5. The van der Waals surface area contributed by atoms with Crippen LogP contribution in [0.2, 0.25) is 0 Å². The number of piperidine rings is 1. The predicted molar refractivity (Wildman–Crippen MR) is 60.5 cm³/mol. The van der Waals surface area contributed by atoms with Crippen molar-refractivity contribution in [1.82, 2.24) is 9.97 Å². The molecule has 16 heavy (non-hydrogen) atoms. The number of anilines is 1. The molecule has 1 aliphatic heterocycles. The highest BCUT2D eigenvalue weighted by Crippen LogP contribution is 2.20. The van der Waals surface area contributed by atoms with Gasteiger partial charge < -0.3 is 9.88 Å². The van der Waals surface area contributed by atoms with Gasteiger partial charge in [0.05, 0.1) is 6.04 Å². The summed E-state index contributed by atoms with van der Waals surface area (Å²) in [4.78, 5) is 31.6. The molecule has 1 fully saturated rings. The van der Waals surface area contributed by atoms with Gasteiger partial charge in [-0.1, -0.05) is 0 Å². The predicted octanol–water partition coefficient (Wildman–Crippen LogP) is 0.718. The van der Waals surface area contributed by atoms with Crippen molar-refractivity contribution in [2.24, 2.45) is 0 Å². The molecule has 0 bridgehead atoms. The van der Waals surface area contributed by atoms with Crippen LogP contribution in [-0.4, -0.2) is 28.3 Å². The van der Waals surface area contributed by atoms with Gasteiger partial charge >= 0.3 is 0 Å². The van der Waals surface area contributed by atoms with Gasteiger partial charge in [-0.2, -0.15) is 0 Å². The lowest BCUT2D eigenvalue weighted by Crippen LogP contribution is -2.46. The molecule has 86 valence electrons. The molecule has 5 nitrogen and oxygen atoms in total. The lowest BCUT2D eigenvalue weighted by molar-refractivity contribution is -0.118. The van der Waals surface area contributed by atoms with E-state index in [0.29, 0.717) is 5.82 Å². The number of aromatic amines is 1. The van der Waals surface area contributed by atoms with E-state index in [2.05, 4.69) is 9.97 Å². The van der Waals surface area contributed by atoms with Crippen molar-refractivity contribution >= 4 is 11.6 Å². The number of carbonyl (C=O) groups is 1. The van der Waals surface area contributed by atoms with Gasteiger partial charge in [-0.3, -0.25) is 9.59 Å². The van der Waals surface area contributed by atoms with Gasteiger partial charge in [0.2, 0.25) is 0 Å². The topological polar surface area (TPSA) is 66.1 Å². The van der Waals surface area contributed by atoms with Crippen molar-refractivity contribution in [3.8, 4) is 0 Å². The van der Waals surface area contributed by atoms with Gasteiger partial charge in [-0.15, -0.1) is 0 Å². The number of nitrogens with one attached hydrogen (secondary N) is 1. The Morgan fingerprint density at radius 3 is 3.06 bits per heavy atom. The van der Waals surface area contributed by atoms with Crippen LogP contribution < -0.4 is 10.5 Å². The van der Waals surface area contributed by atoms with Crippen LogP contribution in [0.15, 0.2) is 17.2 Å². The minimum Gasteiger partial charge on any atom is -0.342 e. The van der Waals surface area contributed by atoms with E-state index in [1.165, 1.54) is 6.20 Å². The van der Waals surface area contributed by atoms with Gasteiger partial charge in [0.1, 0.15) is 0 Å². The van der Waals surface area contributed by atoms with E-state index < -0.39 is 0 Å². The van der Waals surface area contributed by atoms with Crippen LogP contribution in [0.5, 0.6) is 0 Å². The lowest BCUT2D eigenvalue weighted by Gasteiger charge is -2.34. The fourth-order valence-electron chi connectivity index (χ4n) is 2.16. The molecule has 0 spiro atoms. The number of carbonyl (C=O) groups excluding carboxylic acids is 1. The lowest BCUT2D eigenvalue weighted by atomic mass is 9.99. The van der Waals surface area contributed by atoms with Crippen LogP contribution in [0.3, 0.4) is 0 Å². The summed E-state index contributed by atoms with van der Waals surface area (Å²) in [7, 11) is 0. The molecule has 1 unspecified atom stereocenters. The SMILES string of the molecule is CC(=O)C1CCCCN1c1ncc[nH]c1=O. The number of nitrogens with zero attached hydrogens (tertiary/aromatic N) is 2. The van der Waals surface area contributed by atoms with Gasteiger partial charge in [0, 0.05) is 18.9 Å². The summed E-state index contributed by atoms with van der Waals surface area (Å²) in [5.74, 6) is 0.465. The summed E-state index contributed by atoms with van der Waals surface area (Å²) in [6.45, 7) is 2.30. The number of hydrogen-bond acceptors (Lipinski definition) is 4. The first-order valence-electron chi connectivity index (χ1n) is 5.51. The molecule has 1 aliphatic rings. The Balaban J connectivity index is 2.34. The van der Waals surface area contributed by atoms with Gasteiger partial charge in [-0.05, 0) is 26.2 Å². The largest absolute Gasteiger partial charge is 0.342 e. The van der Waals surface area contributed by atoms with Crippen LogP contribution in [0, 0.1) is 0 Å². The van der Waals surface area contributed by atoms with E-state index >= 15 is 0 Å². The minimum absolute atomic E-state index is 0.102. The number of ketones is 1. The van der Waals surface area contributed by atoms with Crippen molar-refractivity contribution in [2.45, 2.75) is 32.2 Å². The first-order valence-corrected chi connectivity index (χ1v) is 5.51. The zero-order valence-electron chi connectivity index (χ0n) is 9.27. The quantitative estimate of drug-likeness (QED) is 0.799. The molecule has 1 saturated heterocycles. The first kappa shape index (κ1) is 10.9. The molecule has 2 rings (SSSR count). The summed E-state index contributed by atoms with van der Waals surface area (Å²) in [6, 6.07) is -0.190. The normalized spacial score (nSPS) is 20.8. The third-order valence-electron chi connectivity index (χ3n) is 2.93. The van der Waals surface area contributed by atoms with E-state index in [1.807, 2.05) is 4.90 Å². The molecule has 2 heterocycles. The second-order valence-electron chi connectivity index (χ2n) is 4.06. The molecule has 5 heteroatoms. The molecule has 1 atom stereocenters. The number of hydrogen-bond donors (Lipinski definition) is 1. The average Bonchev–Trinajstić information content (AvgIpc) is 2.29. The Hall–Kier alpha value is -1.65. The molecular weight excluding hydrogens is 206 g/mol. The number of aromatic nitrogens is 2. The maximum absolute atomic E-state index is 11.6. The van der Waals surface area contributed by atoms with Crippen LogP contribution in [0.1, 0.15) is 26.2 Å². The highest BCUT2D eigenvalue weighted by atomic mass is 16.1. The molecular formula is C11H15N3O2. The van der Waals surface area contributed by atoms with Crippen LogP contribution in [0.4, 0.5) is 5.82 Å². The van der Waals surface area contributed by atoms with Gasteiger partial charge in [0.15, 0.2) is 11.6 Å². The Morgan fingerprint density at radius 1 is 1.56 bits per heavy atom. The summed E-state index contributed by atoms with van der Waals surface area (Å²) < 4.78 is 0. The zero-order valence-corrected chi connectivity index (χ0v) is 9.27. The Morgan fingerprint density at radius 2 is 2.38 bits per heavy atom. The van der Waals surface area contributed by atoms with Crippen LogP contribution in [-0.2, 0) is 4.79 Å². The van der Waals surface area contributed by atoms with Crippen molar-refractivity contribution in [3.63, 3.8) is 0 Å². The maximum atomic E-state index is 11.6. The number of Topliss-reactive ketones (excluding diaryl/α,β-unsaturated/α-hetero) is 1. The summed E-state index contributed by atoms with van der Waals surface area (Å²) >= 11 is 0. The van der Waals surface area contributed by atoms with Gasteiger partial charge in [0.25, 0.3) is 5.56 Å². The molecule has 0 saturated carbocycles. The van der Waals surface area contributed by atoms with E-state index in [9.17, 15) is 9.59 Å². The molecule has 1 aromatic rings. The van der Waals surface area contributed by atoms with E-state index in [-0.39, 0.29) is 17.4 Å². The van der Waals surface area contributed by atoms with E-state index in [1.54, 1.807) is 13.1 Å². The highest BCUT2D eigenvalue weighted by molar-refractivity contribution is 5.84. The Bertz CT molecular complexity index is 441. The Kier molecular flexibility index (Phi) is 3.03. The first-order chi connectivity index (χ1) is 7.70. The third-order valence-corrected chi connectivity index (χ3v) is 2.93. The smallest absolute Gasteiger partial charge is 0.290 e. The van der Waals surface area contributed by atoms with Crippen LogP contribution in [0.25, 0.3) is 0 Å². The fourth-order valence-corrected chi connectivity index (χ4v) is 2.16. The summed E-state index contributed by atoms with van der Waals surface area (Å²) in [5, 5.41) is 0. The standard InChI is InChI=1S/C11H15N3O2/c1-8(15)9-4-2-3-7-14(9)10-11(16)13-6-5-12-10/h5-6,9H,2-4,7H2,1H3,(H,13,16). The van der Waals surface area contributed by atoms with Crippen molar-refractivity contribution in [2.75, 3.05) is 11.4 Å². The van der Waals surface area contributed by atoms with E-state index in [4.69, 9.17) is 0 Å². The van der Waals surface area contributed by atoms with E-state index in [0.717, 1.165) is 25.8 Å². The summed E-state index contributed by atoms with van der Waals surface area (Å²) in [5.41, 5.74) is -0.226. The van der Waals surface area contributed by atoms with Crippen molar-refractivity contribution in [3.05, 3.63) is 22.7 Å². The van der Waals surface area contributed by atoms with Crippen molar-refractivity contribution in [1.29, 1.82) is 0 Å². The number of H-pyrrole nitrogens is 1. The summed E-state index contributed by atoms with van der Waals surface area (Å²) in [6.07, 6.45) is 5.89. The fraction of sp³-hybridized carbons (Fsp3) is 0.545. The van der Waals surface area contributed by atoms with Crippen LogP contribution >= 0.6 is 0 Å². The van der Waals surface area contributed by atoms with Gasteiger partial charge in [-0.25, -0.2) is 4.98 Å². The molecule has 0 radical (unpaired) electrons. The number of rotatable bonds is 2. The minimum atomic E-state index is -0.226. The highest BCUT2D eigenvalue weighted by Gasteiger charge is 2.28. The van der Waals surface area contributed by atoms with Crippen molar-refractivity contribution < 1.29 is 4.79 Å².